The summed E-state index contributed by atoms with van der Waals surface area (Å²) in [5.74, 6) is 0. The lowest BCUT2D eigenvalue weighted by molar-refractivity contribution is 0.569. The van der Waals surface area contributed by atoms with E-state index in [1.807, 2.05) is 6.07 Å². The molecule has 0 aliphatic carbocycles. The van der Waals surface area contributed by atoms with Crippen LogP contribution in [0.5, 0.6) is 0 Å². The topological polar surface area (TPSA) is 16.4 Å². The Hall–Kier alpha value is -7.94. The number of benzene rings is 10. The molecule has 0 bridgehead atoms. The fourth-order valence-electron chi connectivity index (χ4n) is 9.92. The number of nitrogens with zero attached hydrogens (tertiary/aromatic N) is 1. The molecule has 2 nitrogen and oxygen atoms in total. The van der Waals surface area contributed by atoms with Crippen molar-refractivity contribution in [2.75, 3.05) is 4.90 Å². The van der Waals surface area contributed by atoms with Gasteiger partial charge < -0.3 is 9.32 Å². The van der Waals surface area contributed by atoms with Crippen molar-refractivity contribution in [2.24, 2.45) is 0 Å². The summed E-state index contributed by atoms with van der Waals surface area (Å²) in [6.45, 7) is 13.9. The van der Waals surface area contributed by atoms with Gasteiger partial charge in [-0.3, -0.25) is 0 Å². The summed E-state index contributed by atoms with van der Waals surface area (Å²) >= 11 is 0. The molecule has 2 heteroatoms. The first-order valence-corrected chi connectivity index (χ1v) is 23.8. The second kappa shape index (κ2) is 17.0. The number of anilines is 3. The monoisotopic (exact) mass is 877 g/mol. The minimum atomic E-state index is -0.0143. The highest BCUT2D eigenvalue weighted by Crippen LogP contribution is 2.48. The molecule has 0 saturated carbocycles. The second-order valence-electron chi connectivity index (χ2n) is 20.2. The van der Waals surface area contributed by atoms with Gasteiger partial charge in [0.25, 0.3) is 0 Å². The standard InChI is InChI=1S/C66H55NO/c1-65(2,3)50-40-49(41-51(43-50)66(4,5)6)54-28-17-24-47-25-18-29-57(63(47)54)55-26-13-15-31-60(55)67(61-32-19-30-58-56-27-14-16-33-62(56)68-64(58)61)52-37-34-44(35-38-52)48-36-39-53(45-20-9-7-10-21-45)59(42-48)46-22-11-8-12-23-46/h7-43H,1-6H3. The first-order valence-electron chi connectivity index (χ1n) is 23.8. The predicted molar refractivity (Wildman–Crippen MR) is 290 cm³/mol. The van der Waals surface area contributed by atoms with Crippen molar-refractivity contribution >= 4 is 49.8 Å². The van der Waals surface area contributed by atoms with E-state index in [1.165, 1.54) is 60.8 Å². The predicted octanol–water partition coefficient (Wildman–Crippen LogP) is 19.1. The molecular weight excluding hydrogens is 823 g/mol. The smallest absolute Gasteiger partial charge is 0.159 e. The third-order valence-electron chi connectivity index (χ3n) is 13.6. The van der Waals surface area contributed by atoms with Gasteiger partial charge in [0.2, 0.25) is 0 Å². The van der Waals surface area contributed by atoms with Crippen molar-refractivity contribution < 1.29 is 4.42 Å². The number of hydrogen-bond donors (Lipinski definition) is 0. The Morgan fingerprint density at radius 2 is 0.882 bits per heavy atom. The molecule has 1 heterocycles. The van der Waals surface area contributed by atoms with Gasteiger partial charge in [-0.1, -0.05) is 230 Å². The highest BCUT2D eigenvalue weighted by Gasteiger charge is 2.25. The largest absolute Gasteiger partial charge is 0.454 e. The van der Waals surface area contributed by atoms with Crippen LogP contribution in [0.2, 0.25) is 0 Å². The van der Waals surface area contributed by atoms with Crippen molar-refractivity contribution in [1.82, 2.24) is 0 Å². The first-order chi connectivity index (χ1) is 33.0. The zero-order chi connectivity index (χ0) is 46.6. The Morgan fingerprint density at radius 3 is 1.57 bits per heavy atom. The molecule has 0 spiro atoms. The lowest BCUT2D eigenvalue weighted by Crippen LogP contribution is -2.16. The van der Waals surface area contributed by atoms with Gasteiger partial charge in [0.05, 0.1) is 11.4 Å². The van der Waals surface area contributed by atoms with E-state index in [-0.39, 0.29) is 10.8 Å². The molecule has 0 radical (unpaired) electrons. The van der Waals surface area contributed by atoms with Gasteiger partial charge in [-0.2, -0.15) is 0 Å². The lowest BCUT2D eigenvalue weighted by Gasteiger charge is -2.29. The van der Waals surface area contributed by atoms with Gasteiger partial charge in [0, 0.05) is 22.0 Å². The SMILES string of the molecule is CC(C)(C)c1cc(-c2cccc3cccc(-c4ccccc4N(c4ccc(-c5ccc(-c6ccccc6)c(-c6ccccc6)c5)cc4)c4cccc5c4oc4ccccc45)c23)cc(C(C)(C)C)c1. The first kappa shape index (κ1) is 42.7. The molecule has 0 saturated heterocycles. The fraction of sp³-hybridized carbons (Fsp3) is 0.121. The van der Waals surface area contributed by atoms with Crippen molar-refractivity contribution in [3.63, 3.8) is 0 Å². The van der Waals surface area contributed by atoms with Crippen LogP contribution >= 0.6 is 0 Å². The maximum Gasteiger partial charge on any atom is 0.159 e. The maximum absolute atomic E-state index is 6.83. The van der Waals surface area contributed by atoms with Crippen LogP contribution in [-0.4, -0.2) is 0 Å². The van der Waals surface area contributed by atoms with E-state index in [0.717, 1.165) is 55.7 Å². The summed E-state index contributed by atoms with van der Waals surface area (Å²) < 4.78 is 6.83. The highest BCUT2D eigenvalue weighted by atomic mass is 16.3. The van der Waals surface area contributed by atoms with Crippen LogP contribution in [-0.2, 0) is 10.8 Å². The fourth-order valence-corrected chi connectivity index (χ4v) is 9.92. The molecule has 68 heavy (non-hydrogen) atoms. The third-order valence-corrected chi connectivity index (χ3v) is 13.6. The number of fused-ring (bicyclic) bond motifs is 4. The Balaban J connectivity index is 1.11. The van der Waals surface area contributed by atoms with E-state index in [9.17, 15) is 0 Å². The summed E-state index contributed by atoms with van der Waals surface area (Å²) in [5, 5.41) is 4.63. The minimum absolute atomic E-state index is 0.0143. The Morgan fingerprint density at radius 1 is 0.338 bits per heavy atom. The van der Waals surface area contributed by atoms with E-state index in [2.05, 4.69) is 265 Å². The Bertz CT molecular complexity index is 3580. The van der Waals surface area contributed by atoms with Gasteiger partial charge in [-0.25, -0.2) is 0 Å². The molecule has 330 valence electrons. The molecule has 0 unspecified atom stereocenters. The maximum atomic E-state index is 6.83. The average molecular weight is 878 g/mol. The minimum Gasteiger partial charge on any atom is -0.454 e. The molecular formula is C66H55NO. The highest BCUT2D eigenvalue weighted by molar-refractivity contribution is 6.12. The molecule has 0 atom stereocenters. The quantitative estimate of drug-likeness (QED) is 0.151. The van der Waals surface area contributed by atoms with E-state index < -0.39 is 0 Å². The van der Waals surface area contributed by atoms with E-state index in [1.54, 1.807) is 0 Å². The molecule has 0 amide bonds. The zero-order valence-corrected chi connectivity index (χ0v) is 39.7. The average Bonchev–Trinajstić information content (AvgIpc) is 3.76. The summed E-state index contributed by atoms with van der Waals surface area (Å²) in [7, 11) is 0. The molecule has 11 aromatic rings. The molecule has 0 fully saturated rings. The molecule has 11 rings (SSSR count). The van der Waals surface area contributed by atoms with Crippen molar-refractivity contribution in [3.05, 3.63) is 236 Å². The van der Waals surface area contributed by atoms with Crippen molar-refractivity contribution in [3.8, 4) is 55.6 Å². The van der Waals surface area contributed by atoms with Gasteiger partial charge in [0.15, 0.2) is 5.58 Å². The van der Waals surface area contributed by atoms with Crippen LogP contribution in [0.15, 0.2) is 229 Å². The Labute approximate surface area is 400 Å². The van der Waals surface area contributed by atoms with E-state index in [4.69, 9.17) is 4.42 Å². The molecule has 0 N–H and O–H groups in total. The van der Waals surface area contributed by atoms with Crippen LogP contribution in [0, 0.1) is 0 Å². The summed E-state index contributed by atoms with van der Waals surface area (Å²) in [6, 6.07) is 81.9. The number of hydrogen-bond acceptors (Lipinski definition) is 2. The van der Waals surface area contributed by atoms with E-state index >= 15 is 0 Å². The molecule has 0 aliphatic heterocycles. The van der Waals surface area contributed by atoms with Gasteiger partial charge in [-0.05, 0) is 119 Å². The summed E-state index contributed by atoms with van der Waals surface area (Å²) in [6.07, 6.45) is 0. The van der Waals surface area contributed by atoms with Crippen LogP contribution in [0.3, 0.4) is 0 Å². The van der Waals surface area contributed by atoms with Gasteiger partial charge in [0.1, 0.15) is 5.58 Å². The van der Waals surface area contributed by atoms with Gasteiger partial charge >= 0.3 is 0 Å². The molecule has 0 aliphatic rings. The summed E-state index contributed by atoms with van der Waals surface area (Å²) in [5.41, 5.74) is 19.4. The van der Waals surface area contributed by atoms with Crippen LogP contribution < -0.4 is 4.90 Å². The number of furan rings is 1. The Kier molecular flexibility index (Phi) is 10.7. The van der Waals surface area contributed by atoms with Gasteiger partial charge in [-0.15, -0.1) is 0 Å². The second-order valence-corrected chi connectivity index (χ2v) is 20.2. The molecule has 1 aromatic heterocycles. The summed E-state index contributed by atoms with van der Waals surface area (Å²) in [4.78, 5) is 2.40. The van der Waals surface area contributed by atoms with Crippen LogP contribution in [0.4, 0.5) is 17.1 Å². The van der Waals surface area contributed by atoms with E-state index in [0.29, 0.717) is 0 Å². The lowest BCUT2D eigenvalue weighted by atomic mass is 9.78. The third kappa shape index (κ3) is 7.86. The van der Waals surface area contributed by atoms with Crippen molar-refractivity contribution in [1.29, 1.82) is 0 Å². The molecule has 10 aromatic carbocycles. The normalized spacial score (nSPS) is 12.0. The van der Waals surface area contributed by atoms with Crippen molar-refractivity contribution in [2.45, 2.75) is 52.4 Å². The number of para-hydroxylation sites is 3. The van der Waals surface area contributed by atoms with Crippen LogP contribution in [0.25, 0.3) is 88.3 Å². The number of rotatable bonds is 8. The van der Waals surface area contributed by atoms with Crippen LogP contribution in [0.1, 0.15) is 52.7 Å². The zero-order valence-electron chi connectivity index (χ0n) is 39.7.